The lowest BCUT2D eigenvalue weighted by molar-refractivity contribution is -0.137. The van der Waals surface area contributed by atoms with Gasteiger partial charge in [0.1, 0.15) is 12.1 Å². The zero-order chi connectivity index (χ0) is 25.8. The van der Waals surface area contributed by atoms with Crippen LogP contribution < -0.4 is 0 Å². The monoisotopic (exact) mass is 529 g/mol. The lowest BCUT2D eigenvalue weighted by Gasteiger charge is -2.25. The third-order valence-corrected chi connectivity index (χ3v) is 6.64. The number of alkyl halides is 3. The van der Waals surface area contributed by atoms with E-state index in [1.807, 2.05) is 30.3 Å². The van der Waals surface area contributed by atoms with Gasteiger partial charge in [-0.1, -0.05) is 48.2 Å². The zero-order valence-corrected chi connectivity index (χ0v) is 20.3. The van der Waals surface area contributed by atoms with Crippen molar-refractivity contribution in [3.8, 4) is 5.69 Å². The molecule has 0 bridgehead atoms. The highest BCUT2D eigenvalue weighted by molar-refractivity contribution is 7.98. The Balaban J connectivity index is 1.40. The molecule has 2 aromatic carbocycles. The summed E-state index contributed by atoms with van der Waals surface area (Å²) in [5, 5.41) is 8.90. The van der Waals surface area contributed by atoms with Gasteiger partial charge < -0.3 is 14.1 Å². The number of nitrogens with zero attached hydrogens (tertiary/aromatic N) is 5. The minimum atomic E-state index is -4.49. The van der Waals surface area contributed by atoms with Crippen molar-refractivity contribution in [1.29, 1.82) is 0 Å². The van der Waals surface area contributed by atoms with Gasteiger partial charge in [-0.2, -0.15) is 13.2 Å². The number of carbonyl (C=O) groups excluding carboxylic acids is 1. The van der Waals surface area contributed by atoms with Crippen LogP contribution in [0, 0.1) is 0 Å². The van der Waals surface area contributed by atoms with Gasteiger partial charge in [-0.05, 0) is 23.8 Å². The molecule has 0 spiro atoms. The van der Waals surface area contributed by atoms with Crippen molar-refractivity contribution >= 4 is 17.7 Å². The Morgan fingerprint density at radius 2 is 1.81 bits per heavy atom. The fourth-order valence-corrected chi connectivity index (χ4v) is 4.72. The first-order chi connectivity index (χ1) is 17.9. The largest absolute Gasteiger partial charge is 0.447 e. The number of benzene rings is 2. The summed E-state index contributed by atoms with van der Waals surface area (Å²) >= 11 is 1.21. The molecule has 0 saturated carbocycles. The van der Waals surface area contributed by atoms with Crippen molar-refractivity contribution in [2.45, 2.75) is 23.5 Å². The van der Waals surface area contributed by atoms with Crippen LogP contribution in [0.25, 0.3) is 5.69 Å². The number of oxazole rings is 1. The minimum absolute atomic E-state index is 0.196. The Morgan fingerprint density at radius 3 is 2.57 bits per heavy atom. The predicted molar refractivity (Wildman–Crippen MR) is 128 cm³/mol. The van der Waals surface area contributed by atoms with E-state index in [1.165, 1.54) is 24.1 Å². The van der Waals surface area contributed by atoms with E-state index in [0.29, 0.717) is 55.3 Å². The molecule has 1 aliphatic rings. The molecule has 12 heteroatoms. The Kier molecular flexibility index (Phi) is 7.28. The fraction of sp³-hybridized carbons (Fsp3) is 0.280. The maximum absolute atomic E-state index is 13.4. The summed E-state index contributed by atoms with van der Waals surface area (Å²) in [6, 6.07) is 14.5. The Labute approximate surface area is 214 Å². The van der Waals surface area contributed by atoms with Crippen LogP contribution in [0.1, 0.15) is 33.3 Å². The highest BCUT2D eigenvalue weighted by Crippen LogP contribution is 2.32. The second-order valence-corrected chi connectivity index (χ2v) is 9.21. The molecule has 192 valence electrons. The Hall–Kier alpha value is -3.64. The van der Waals surface area contributed by atoms with E-state index in [1.54, 1.807) is 15.5 Å². The molecule has 0 aliphatic carbocycles. The first-order valence-corrected chi connectivity index (χ1v) is 12.5. The van der Waals surface area contributed by atoms with Crippen LogP contribution in [0.3, 0.4) is 0 Å². The quantitative estimate of drug-likeness (QED) is 0.323. The molecule has 0 N–H and O–H groups in total. The number of amides is 1. The average molecular weight is 530 g/mol. The maximum atomic E-state index is 13.4. The van der Waals surface area contributed by atoms with E-state index in [0.717, 1.165) is 17.7 Å². The molecule has 1 amide bonds. The molecule has 1 saturated heterocycles. The molecular weight excluding hydrogens is 507 g/mol. The predicted octanol–water partition coefficient (Wildman–Crippen LogP) is 4.63. The van der Waals surface area contributed by atoms with Gasteiger partial charge in [-0.3, -0.25) is 9.36 Å². The van der Waals surface area contributed by atoms with Gasteiger partial charge in [0, 0.05) is 19.5 Å². The molecule has 0 unspecified atom stereocenters. The first-order valence-electron chi connectivity index (χ1n) is 11.5. The van der Waals surface area contributed by atoms with Crippen LogP contribution in [0.4, 0.5) is 13.2 Å². The standard InChI is InChI=1S/C25H22F3N5O3S/c26-25(27,28)18-7-4-8-19(14-18)33-21(13-17-5-2-1-3-6-17)30-31-24(33)37-16-22-29-20(15-36-22)23(34)32-9-11-35-12-10-32/h1-8,14-15H,9-13,16H2. The van der Waals surface area contributed by atoms with Gasteiger partial charge in [0.25, 0.3) is 5.91 Å². The second-order valence-electron chi connectivity index (χ2n) is 8.26. The van der Waals surface area contributed by atoms with Gasteiger partial charge in [0.05, 0.1) is 30.2 Å². The molecule has 8 nitrogen and oxygen atoms in total. The number of halogens is 3. The fourth-order valence-electron chi connectivity index (χ4n) is 3.90. The molecular formula is C25H22F3N5O3S. The van der Waals surface area contributed by atoms with Gasteiger partial charge >= 0.3 is 6.18 Å². The van der Waals surface area contributed by atoms with Crippen molar-refractivity contribution in [2.75, 3.05) is 26.3 Å². The topological polar surface area (TPSA) is 86.3 Å². The van der Waals surface area contributed by atoms with E-state index in [-0.39, 0.29) is 17.4 Å². The van der Waals surface area contributed by atoms with E-state index < -0.39 is 11.7 Å². The van der Waals surface area contributed by atoms with Crippen molar-refractivity contribution in [2.24, 2.45) is 0 Å². The Morgan fingerprint density at radius 1 is 1.03 bits per heavy atom. The summed E-state index contributed by atoms with van der Waals surface area (Å²) in [6.07, 6.45) is -2.80. The number of thioether (sulfide) groups is 1. The second kappa shape index (κ2) is 10.8. The van der Waals surface area contributed by atoms with Gasteiger partial charge in [0.15, 0.2) is 10.9 Å². The number of rotatable bonds is 7. The smallest absolute Gasteiger partial charge is 0.416 e. The number of morpholine rings is 1. The summed E-state index contributed by atoms with van der Waals surface area (Å²) in [5.41, 5.74) is 0.670. The number of carbonyl (C=O) groups is 1. The van der Waals surface area contributed by atoms with Gasteiger partial charge in [-0.25, -0.2) is 4.98 Å². The number of hydrogen-bond donors (Lipinski definition) is 0. The summed E-state index contributed by atoms with van der Waals surface area (Å²) in [4.78, 5) is 18.6. The zero-order valence-electron chi connectivity index (χ0n) is 19.5. The first kappa shape index (κ1) is 25.0. The van der Waals surface area contributed by atoms with Crippen molar-refractivity contribution < 1.29 is 27.1 Å². The molecule has 1 aliphatic heterocycles. The summed E-state index contributed by atoms with van der Waals surface area (Å²) in [7, 11) is 0. The van der Waals surface area contributed by atoms with Crippen LogP contribution in [0.15, 0.2) is 70.4 Å². The maximum Gasteiger partial charge on any atom is 0.416 e. The molecule has 37 heavy (non-hydrogen) atoms. The van der Waals surface area contributed by atoms with Crippen molar-refractivity contribution in [1.82, 2.24) is 24.6 Å². The number of hydrogen-bond acceptors (Lipinski definition) is 7. The minimum Gasteiger partial charge on any atom is -0.447 e. The normalized spacial score (nSPS) is 14.2. The van der Waals surface area contributed by atoms with Crippen molar-refractivity contribution in [3.05, 3.63) is 89.4 Å². The highest BCUT2D eigenvalue weighted by atomic mass is 32.2. The van der Waals surface area contributed by atoms with E-state index in [9.17, 15) is 18.0 Å². The molecule has 0 radical (unpaired) electrons. The van der Waals surface area contributed by atoms with Crippen LogP contribution >= 0.6 is 11.8 Å². The average Bonchev–Trinajstić information content (AvgIpc) is 3.55. The number of ether oxygens (including phenoxy) is 1. The summed E-state index contributed by atoms with van der Waals surface area (Å²) in [6.45, 7) is 1.92. The van der Waals surface area contributed by atoms with E-state index >= 15 is 0 Å². The molecule has 4 aromatic rings. The highest BCUT2D eigenvalue weighted by Gasteiger charge is 2.31. The molecule has 1 fully saturated rings. The molecule has 0 atom stereocenters. The summed E-state index contributed by atoms with van der Waals surface area (Å²) in [5.74, 6) is 0.757. The van der Waals surface area contributed by atoms with Crippen LogP contribution in [0.5, 0.6) is 0 Å². The van der Waals surface area contributed by atoms with Gasteiger partial charge in [0.2, 0.25) is 5.89 Å². The molecule has 5 rings (SSSR count). The molecule has 2 aromatic heterocycles. The Bertz CT molecular complexity index is 1370. The van der Waals surface area contributed by atoms with E-state index in [2.05, 4.69) is 15.2 Å². The lowest BCUT2D eigenvalue weighted by atomic mass is 10.1. The third kappa shape index (κ3) is 5.86. The summed E-state index contributed by atoms with van der Waals surface area (Å²) < 4.78 is 52.6. The third-order valence-electron chi connectivity index (χ3n) is 5.73. The van der Waals surface area contributed by atoms with Crippen LogP contribution in [0.2, 0.25) is 0 Å². The lowest BCUT2D eigenvalue weighted by Crippen LogP contribution is -2.40. The van der Waals surface area contributed by atoms with E-state index in [4.69, 9.17) is 9.15 Å². The van der Waals surface area contributed by atoms with Crippen LogP contribution in [-0.4, -0.2) is 56.9 Å². The van der Waals surface area contributed by atoms with Gasteiger partial charge in [-0.15, -0.1) is 10.2 Å². The van der Waals surface area contributed by atoms with Crippen LogP contribution in [-0.2, 0) is 23.1 Å². The molecule has 3 heterocycles. The van der Waals surface area contributed by atoms with Crippen molar-refractivity contribution in [3.63, 3.8) is 0 Å². The SMILES string of the molecule is O=C(c1coc(CSc2nnc(Cc3ccccc3)n2-c2cccc(C(F)(F)F)c2)n1)N1CCOCC1. The number of aromatic nitrogens is 4.